The van der Waals surface area contributed by atoms with Gasteiger partial charge in [0.1, 0.15) is 6.29 Å². The van der Waals surface area contributed by atoms with Crippen LogP contribution in [0, 0.1) is 0 Å². The van der Waals surface area contributed by atoms with Gasteiger partial charge in [-0.2, -0.15) is 0 Å². The van der Waals surface area contributed by atoms with Gasteiger partial charge in [0.25, 0.3) is 0 Å². The van der Waals surface area contributed by atoms with Gasteiger partial charge in [0, 0.05) is 18.0 Å². The molecule has 0 bridgehead atoms. The van der Waals surface area contributed by atoms with Gasteiger partial charge >= 0.3 is 0 Å². The molecule has 0 aliphatic carbocycles. The van der Waals surface area contributed by atoms with Gasteiger partial charge in [0.05, 0.1) is 6.61 Å². The van der Waals surface area contributed by atoms with E-state index in [-0.39, 0.29) is 6.79 Å². The van der Waals surface area contributed by atoms with E-state index in [0.29, 0.717) is 23.7 Å². The standard InChI is InChI=1S/C12H15BrO4/c1-15-9-17-12-7-10(8-14)3-4-11(12)16-6-2-5-13/h3-4,7-8H,2,5-6,9H2,1H3. The van der Waals surface area contributed by atoms with Crippen LogP contribution in [0.3, 0.4) is 0 Å². The third-order valence-electron chi connectivity index (χ3n) is 1.97. The molecule has 0 unspecified atom stereocenters. The molecule has 1 aromatic carbocycles. The number of hydrogen-bond acceptors (Lipinski definition) is 4. The molecule has 0 radical (unpaired) electrons. The van der Waals surface area contributed by atoms with E-state index in [0.717, 1.165) is 18.0 Å². The third kappa shape index (κ3) is 4.75. The minimum absolute atomic E-state index is 0.122. The maximum atomic E-state index is 10.7. The summed E-state index contributed by atoms with van der Waals surface area (Å²) in [5, 5.41) is 0.883. The van der Waals surface area contributed by atoms with Crippen molar-refractivity contribution in [3.63, 3.8) is 0 Å². The van der Waals surface area contributed by atoms with Crippen LogP contribution < -0.4 is 9.47 Å². The summed E-state index contributed by atoms with van der Waals surface area (Å²) in [6, 6.07) is 5.05. The van der Waals surface area contributed by atoms with Crippen LogP contribution in [0.5, 0.6) is 11.5 Å². The zero-order valence-corrected chi connectivity index (χ0v) is 11.2. The third-order valence-corrected chi connectivity index (χ3v) is 2.53. The minimum atomic E-state index is 0.122. The summed E-state index contributed by atoms with van der Waals surface area (Å²) in [5.74, 6) is 1.14. The molecular formula is C12H15BrO4. The first kappa shape index (κ1) is 14.0. The van der Waals surface area contributed by atoms with Crippen molar-refractivity contribution in [2.24, 2.45) is 0 Å². The molecule has 0 heterocycles. The fraction of sp³-hybridized carbons (Fsp3) is 0.417. The van der Waals surface area contributed by atoms with Crippen LogP contribution in [0.1, 0.15) is 16.8 Å². The maximum absolute atomic E-state index is 10.7. The van der Waals surface area contributed by atoms with E-state index < -0.39 is 0 Å². The molecule has 0 aliphatic heterocycles. The van der Waals surface area contributed by atoms with Gasteiger partial charge in [-0.1, -0.05) is 15.9 Å². The molecule has 5 heteroatoms. The van der Waals surface area contributed by atoms with Gasteiger partial charge in [-0.05, 0) is 24.6 Å². The molecule has 0 amide bonds. The Morgan fingerprint density at radius 2 is 2.12 bits per heavy atom. The van der Waals surface area contributed by atoms with E-state index >= 15 is 0 Å². The van der Waals surface area contributed by atoms with E-state index in [9.17, 15) is 4.79 Å². The van der Waals surface area contributed by atoms with Crippen LogP contribution >= 0.6 is 15.9 Å². The molecule has 94 valence electrons. The Morgan fingerprint density at radius 1 is 1.29 bits per heavy atom. The highest BCUT2D eigenvalue weighted by Crippen LogP contribution is 2.28. The maximum Gasteiger partial charge on any atom is 0.188 e. The number of methoxy groups -OCH3 is 1. The molecule has 0 fully saturated rings. The number of halogens is 1. The molecule has 1 aromatic rings. The topological polar surface area (TPSA) is 44.8 Å². The summed E-state index contributed by atoms with van der Waals surface area (Å²) in [6.45, 7) is 0.714. The predicted molar refractivity (Wildman–Crippen MR) is 68.2 cm³/mol. The molecule has 0 spiro atoms. The number of carbonyl (C=O) groups is 1. The van der Waals surface area contributed by atoms with E-state index in [1.54, 1.807) is 18.2 Å². The lowest BCUT2D eigenvalue weighted by atomic mass is 10.2. The van der Waals surface area contributed by atoms with Crippen molar-refractivity contribution in [1.29, 1.82) is 0 Å². The van der Waals surface area contributed by atoms with Crippen molar-refractivity contribution in [2.75, 3.05) is 25.8 Å². The SMILES string of the molecule is COCOc1cc(C=O)ccc1OCCCBr. The van der Waals surface area contributed by atoms with Crippen molar-refractivity contribution >= 4 is 22.2 Å². The van der Waals surface area contributed by atoms with Crippen LogP contribution in [0.25, 0.3) is 0 Å². The van der Waals surface area contributed by atoms with Crippen LogP contribution in [-0.2, 0) is 4.74 Å². The lowest BCUT2D eigenvalue weighted by Gasteiger charge is -2.12. The fourth-order valence-corrected chi connectivity index (χ4v) is 1.42. The van der Waals surface area contributed by atoms with Gasteiger partial charge in [0.2, 0.25) is 0 Å². The molecule has 17 heavy (non-hydrogen) atoms. The molecule has 0 aromatic heterocycles. The lowest BCUT2D eigenvalue weighted by molar-refractivity contribution is 0.0485. The highest BCUT2D eigenvalue weighted by molar-refractivity contribution is 9.09. The summed E-state index contributed by atoms with van der Waals surface area (Å²) >= 11 is 3.33. The van der Waals surface area contributed by atoms with E-state index in [2.05, 4.69) is 15.9 Å². The Bertz CT molecular complexity index is 354. The summed E-state index contributed by atoms with van der Waals surface area (Å²) in [5.41, 5.74) is 0.545. The number of alkyl halides is 1. The average molecular weight is 303 g/mol. The second-order valence-corrected chi connectivity index (χ2v) is 4.06. The Labute approximate surface area is 109 Å². The van der Waals surface area contributed by atoms with Gasteiger partial charge < -0.3 is 14.2 Å². The molecule has 0 saturated heterocycles. The first-order valence-electron chi connectivity index (χ1n) is 5.21. The second-order valence-electron chi connectivity index (χ2n) is 3.27. The molecular weight excluding hydrogens is 288 g/mol. The monoisotopic (exact) mass is 302 g/mol. The van der Waals surface area contributed by atoms with Gasteiger partial charge in [-0.25, -0.2) is 0 Å². The fourth-order valence-electron chi connectivity index (χ4n) is 1.19. The zero-order valence-electron chi connectivity index (χ0n) is 9.65. The first-order valence-corrected chi connectivity index (χ1v) is 6.33. The second kappa shape index (κ2) is 8.08. The first-order chi connectivity index (χ1) is 8.31. The van der Waals surface area contributed by atoms with Crippen molar-refractivity contribution in [3.8, 4) is 11.5 Å². The van der Waals surface area contributed by atoms with E-state index in [1.165, 1.54) is 7.11 Å². The molecule has 0 atom stereocenters. The van der Waals surface area contributed by atoms with Crippen molar-refractivity contribution in [2.45, 2.75) is 6.42 Å². The molecule has 0 N–H and O–H groups in total. The van der Waals surface area contributed by atoms with Crippen molar-refractivity contribution in [3.05, 3.63) is 23.8 Å². The van der Waals surface area contributed by atoms with E-state index in [4.69, 9.17) is 14.2 Å². The van der Waals surface area contributed by atoms with Crippen molar-refractivity contribution in [1.82, 2.24) is 0 Å². The van der Waals surface area contributed by atoms with Crippen LogP contribution in [0.2, 0.25) is 0 Å². The van der Waals surface area contributed by atoms with Crippen LogP contribution in [-0.4, -0.2) is 32.1 Å². The number of aldehydes is 1. The van der Waals surface area contributed by atoms with Gasteiger partial charge in [-0.3, -0.25) is 4.79 Å². The minimum Gasteiger partial charge on any atom is -0.490 e. The molecule has 4 nitrogen and oxygen atoms in total. The Morgan fingerprint density at radius 3 is 2.76 bits per heavy atom. The number of rotatable bonds is 8. The Balaban J connectivity index is 2.74. The lowest BCUT2D eigenvalue weighted by Crippen LogP contribution is -2.04. The highest BCUT2D eigenvalue weighted by atomic mass is 79.9. The summed E-state index contributed by atoms with van der Waals surface area (Å²) in [7, 11) is 1.54. The molecule has 0 aliphatic rings. The quantitative estimate of drug-likeness (QED) is 0.320. The highest BCUT2D eigenvalue weighted by Gasteiger charge is 2.06. The summed E-state index contributed by atoms with van der Waals surface area (Å²) in [4.78, 5) is 10.7. The normalized spacial score (nSPS) is 10.0. The van der Waals surface area contributed by atoms with E-state index in [1.807, 2.05) is 0 Å². The van der Waals surface area contributed by atoms with Crippen molar-refractivity contribution < 1.29 is 19.0 Å². The average Bonchev–Trinajstić information content (AvgIpc) is 2.37. The smallest absolute Gasteiger partial charge is 0.188 e. The number of hydrogen-bond donors (Lipinski definition) is 0. The number of benzene rings is 1. The number of carbonyl (C=O) groups excluding carboxylic acids is 1. The van der Waals surface area contributed by atoms with Crippen LogP contribution in [0.4, 0.5) is 0 Å². The Hall–Kier alpha value is -1.07. The summed E-state index contributed by atoms with van der Waals surface area (Å²) in [6.07, 6.45) is 1.67. The molecule has 1 rings (SSSR count). The largest absolute Gasteiger partial charge is 0.490 e. The molecule has 0 saturated carbocycles. The summed E-state index contributed by atoms with van der Waals surface area (Å²) < 4.78 is 15.7. The number of ether oxygens (including phenoxy) is 3. The Kier molecular flexibility index (Phi) is 6.65. The van der Waals surface area contributed by atoms with Gasteiger partial charge in [0.15, 0.2) is 18.3 Å². The van der Waals surface area contributed by atoms with Gasteiger partial charge in [-0.15, -0.1) is 0 Å². The van der Waals surface area contributed by atoms with Crippen LogP contribution in [0.15, 0.2) is 18.2 Å². The zero-order chi connectivity index (χ0) is 12.5. The predicted octanol–water partition coefficient (Wildman–Crippen LogP) is 2.65.